The Morgan fingerprint density at radius 3 is 2.86 bits per heavy atom. The molecule has 1 saturated heterocycles. The number of nitrogens with zero attached hydrogens (tertiary/aromatic N) is 4. The van der Waals surface area contributed by atoms with E-state index in [0.29, 0.717) is 32.1 Å². The zero-order valence-corrected chi connectivity index (χ0v) is 11.7. The maximum absolute atomic E-state index is 12.7. The average molecular weight is 312 g/mol. The van der Waals surface area contributed by atoms with Gasteiger partial charge in [0.05, 0.1) is 19.3 Å². The van der Waals surface area contributed by atoms with Crippen molar-refractivity contribution in [1.29, 1.82) is 0 Å². The summed E-state index contributed by atoms with van der Waals surface area (Å²) in [7, 11) is 0. The van der Waals surface area contributed by atoms with Gasteiger partial charge < -0.3 is 9.64 Å². The van der Waals surface area contributed by atoms with Gasteiger partial charge in [-0.3, -0.25) is 4.68 Å². The third-order valence-corrected chi connectivity index (χ3v) is 3.44. The summed E-state index contributed by atoms with van der Waals surface area (Å²) in [6, 6.07) is 5.76. The molecule has 0 radical (unpaired) electrons. The van der Waals surface area contributed by atoms with E-state index >= 15 is 0 Å². The van der Waals surface area contributed by atoms with Crippen LogP contribution in [-0.2, 0) is 17.5 Å². The summed E-state index contributed by atoms with van der Waals surface area (Å²) < 4.78 is 45.6. The summed E-state index contributed by atoms with van der Waals surface area (Å²) in [5.74, 6) is 0.323. The van der Waals surface area contributed by atoms with Crippen LogP contribution < -0.4 is 4.90 Å². The lowest BCUT2D eigenvalue weighted by atomic mass is 10.2. The minimum absolute atomic E-state index is 0.134. The van der Waals surface area contributed by atoms with Gasteiger partial charge in [0.25, 0.3) is 0 Å². The topological polar surface area (TPSA) is 43.2 Å². The van der Waals surface area contributed by atoms with Gasteiger partial charge in [0, 0.05) is 25.5 Å². The second-order valence-corrected chi connectivity index (χ2v) is 5.05. The number of hydrogen-bond donors (Lipinski definition) is 0. The quantitative estimate of drug-likeness (QED) is 0.871. The Labute approximate surface area is 125 Å². The first-order valence-electron chi connectivity index (χ1n) is 6.90. The molecule has 1 aliphatic rings. The lowest BCUT2D eigenvalue weighted by Crippen LogP contribution is -2.44. The third kappa shape index (κ3) is 3.38. The predicted octanol–water partition coefficient (Wildman–Crippen LogP) is 2.20. The first kappa shape index (κ1) is 14.8. The molecule has 0 spiro atoms. The van der Waals surface area contributed by atoms with Gasteiger partial charge in [-0.25, -0.2) is 4.98 Å². The molecule has 0 bridgehead atoms. The summed E-state index contributed by atoms with van der Waals surface area (Å²) >= 11 is 0. The minimum atomic E-state index is -4.43. The lowest BCUT2D eigenvalue weighted by molar-refractivity contribution is -0.141. The van der Waals surface area contributed by atoms with Gasteiger partial charge in [0.2, 0.25) is 0 Å². The number of anilines is 1. The maximum atomic E-state index is 12.7. The van der Waals surface area contributed by atoms with E-state index < -0.39 is 11.9 Å². The van der Waals surface area contributed by atoms with Crippen LogP contribution in [0.25, 0.3) is 0 Å². The van der Waals surface area contributed by atoms with Crippen molar-refractivity contribution in [1.82, 2.24) is 14.8 Å². The van der Waals surface area contributed by atoms with Crippen molar-refractivity contribution in [3.05, 3.63) is 42.4 Å². The number of alkyl halides is 3. The largest absolute Gasteiger partial charge is 0.433 e. The summed E-state index contributed by atoms with van der Waals surface area (Å²) in [4.78, 5) is 5.53. The zero-order valence-electron chi connectivity index (χ0n) is 11.7. The molecule has 3 rings (SSSR count). The molecule has 1 unspecified atom stereocenters. The Morgan fingerprint density at radius 2 is 2.14 bits per heavy atom. The first-order valence-corrected chi connectivity index (χ1v) is 6.90. The number of halogens is 3. The smallest absolute Gasteiger partial charge is 0.373 e. The van der Waals surface area contributed by atoms with Crippen LogP contribution >= 0.6 is 0 Å². The summed E-state index contributed by atoms with van der Waals surface area (Å²) in [5.41, 5.74) is -0.875. The normalized spacial score (nSPS) is 19.4. The molecule has 1 aliphatic heterocycles. The minimum Gasteiger partial charge on any atom is -0.373 e. The second-order valence-electron chi connectivity index (χ2n) is 5.05. The molecule has 3 heterocycles. The van der Waals surface area contributed by atoms with Crippen LogP contribution in [0.3, 0.4) is 0 Å². The van der Waals surface area contributed by atoms with E-state index in [9.17, 15) is 13.2 Å². The molecule has 1 atom stereocenters. The molecule has 5 nitrogen and oxygen atoms in total. The Morgan fingerprint density at radius 1 is 1.27 bits per heavy atom. The maximum Gasteiger partial charge on any atom is 0.433 e. The molecule has 8 heteroatoms. The fraction of sp³-hybridized carbons (Fsp3) is 0.429. The predicted molar refractivity (Wildman–Crippen MR) is 73.4 cm³/mol. The van der Waals surface area contributed by atoms with Crippen molar-refractivity contribution in [2.45, 2.75) is 18.8 Å². The molecular formula is C14H15F3N4O. The molecule has 0 N–H and O–H groups in total. The van der Waals surface area contributed by atoms with Crippen LogP contribution in [0, 0.1) is 0 Å². The van der Waals surface area contributed by atoms with Crippen molar-refractivity contribution in [3.63, 3.8) is 0 Å². The molecule has 0 amide bonds. The summed E-state index contributed by atoms with van der Waals surface area (Å²) in [5, 5.41) is 4.11. The van der Waals surface area contributed by atoms with E-state index in [4.69, 9.17) is 4.74 Å². The van der Waals surface area contributed by atoms with Gasteiger partial charge in [-0.2, -0.15) is 18.3 Å². The molecule has 2 aromatic heterocycles. The highest BCUT2D eigenvalue weighted by molar-refractivity contribution is 5.40. The van der Waals surface area contributed by atoms with Gasteiger partial charge in [-0.15, -0.1) is 0 Å². The van der Waals surface area contributed by atoms with E-state index in [1.54, 1.807) is 16.9 Å². The molecule has 0 aliphatic carbocycles. The van der Waals surface area contributed by atoms with Gasteiger partial charge in [-0.1, -0.05) is 6.07 Å². The first-order chi connectivity index (χ1) is 10.5. The number of aromatic nitrogens is 3. The van der Waals surface area contributed by atoms with E-state index in [1.165, 1.54) is 6.07 Å². The lowest BCUT2D eigenvalue weighted by Gasteiger charge is -2.33. The van der Waals surface area contributed by atoms with Gasteiger partial charge >= 0.3 is 6.18 Å². The molecule has 118 valence electrons. The van der Waals surface area contributed by atoms with Crippen LogP contribution in [0.15, 0.2) is 36.7 Å². The number of pyridine rings is 1. The average Bonchev–Trinajstić information content (AvgIpc) is 3.00. The van der Waals surface area contributed by atoms with E-state index in [-0.39, 0.29) is 6.10 Å². The van der Waals surface area contributed by atoms with E-state index in [2.05, 4.69) is 10.1 Å². The second kappa shape index (κ2) is 5.96. The number of rotatable bonds is 3. The standard InChI is InChI=1S/C14H15F3N4O/c15-14(16,17)12-3-1-4-13(19-12)20-7-8-22-11(9-20)10-21-6-2-5-18-21/h1-6,11H,7-10H2. The molecule has 0 aromatic carbocycles. The number of hydrogen-bond acceptors (Lipinski definition) is 4. The van der Waals surface area contributed by atoms with E-state index in [1.807, 2.05) is 17.2 Å². The summed E-state index contributed by atoms with van der Waals surface area (Å²) in [6.45, 7) is 2.00. The van der Waals surface area contributed by atoms with Crippen LogP contribution in [0.4, 0.5) is 19.0 Å². The van der Waals surface area contributed by atoms with Crippen molar-refractivity contribution >= 4 is 5.82 Å². The number of ether oxygens (including phenoxy) is 1. The van der Waals surface area contributed by atoms with Gasteiger partial charge in [0.1, 0.15) is 11.5 Å². The Hall–Kier alpha value is -2.09. The Kier molecular flexibility index (Phi) is 4.02. The van der Waals surface area contributed by atoms with Crippen LogP contribution in [0.5, 0.6) is 0 Å². The van der Waals surface area contributed by atoms with E-state index in [0.717, 1.165) is 6.07 Å². The van der Waals surface area contributed by atoms with Crippen LogP contribution in [-0.4, -0.2) is 40.6 Å². The van der Waals surface area contributed by atoms with Gasteiger partial charge in [0.15, 0.2) is 0 Å². The highest BCUT2D eigenvalue weighted by Gasteiger charge is 2.33. The summed E-state index contributed by atoms with van der Waals surface area (Å²) in [6.07, 6.45) is -1.07. The van der Waals surface area contributed by atoms with Gasteiger partial charge in [-0.05, 0) is 18.2 Å². The highest BCUT2D eigenvalue weighted by Crippen LogP contribution is 2.29. The molecular weight excluding hydrogens is 297 g/mol. The van der Waals surface area contributed by atoms with Crippen molar-refractivity contribution < 1.29 is 17.9 Å². The fourth-order valence-corrected chi connectivity index (χ4v) is 2.41. The molecule has 22 heavy (non-hydrogen) atoms. The van der Waals surface area contributed by atoms with Crippen LogP contribution in [0.2, 0.25) is 0 Å². The number of morpholine rings is 1. The zero-order chi connectivity index (χ0) is 15.6. The Bertz CT molecular complexity index is 615. The molecule has 0 saturated carbocycles. The van der Waals surface area contributed by atoms with Crippen molar-refractivity contribution in [3.8, 4) is 0 Å². The van der Waals surface area contributed by atoms with Crippen molar-refractivity contribution in [2.75, 3.05) is 24.6 Å². The molecule has 2 aromatic rings. The fourth-order valence-electron chi connectivity index (χ4n) is 2.41. The monoisotopic (exact) mass is 312 g/mol. The SMILES string of the molecule is FC(F)(F)c1cccc(N2CCOC(Cn3cccn3)C2)n1. The van der Waals surface area contributed by atoms with Crippen molar-refractivity contribution in [2.24, 2.45) is 0 Å². The highest BCUT2D eigenvalue weighted by atomic mass is 19.4. The Balaban J connectivity index is 1.72. The third-order valence-electron chi connectivity index (χ3n) is 3.44. The molecule has 1 fully saturated rings. The van der Waals surface area contributed by atoms with Crippen LogP contribution in [0.1, 0.15) is 5.69 Å².